The Hall–Kier alpha value is 0.0900. The van der Waals surface area contributed by atoms with E-state index in [0.717, 1.165) is 12.8 Å². The van der Waals surface area contributed by atoms with E-state index in [0.29, 0.717) is 6.42 Å². The fourth-order valence-electron chi connectivity index (χ4n) is 2.48. The van der Waals surface area contributed by atoms with E-state index >= 15 is 0 Å². The topological polar surface area (TPSA) is 84.9 Å². The van der Waals surface area contributed by atoms with Crippen LogP contribution in [-0.4, -0.2) is 42.6 Å². The summed E-state index contributed by atoms with van der Waals surface area (Å²) < 4.78 is 10.7. The van der Waals surface area contributed by atoms with Gasteiger partial charge < -0.3 is 19.7 Å². The number of ether oxygens (including phenoxy) is 2. The Morgan fingerprint density at radius 3 is 1.52 bits per heavy atom. The molecule has 6 heteroatoms. The smallest absolute Gasteiger partial charge is 0.224 e. The van der Waals surface area contributed by atoms with Gasteiger partial charge in [-0.1, -0.05) is 64.7 Å². The van der Waals surface area contributed by atoms with Crippen molar-refractivity contribution in [2.75, 3.05) is 26.4 Å². The van der Waals surface area contributed by atoms with Crippen molar-refractivity contribution >= 4 is 12.4 Å². The molecule has 0 aromatic carbocycles. The molecular formula is C17H38ClNO4. The van der Waals surface area contributed by atoms with Crippen molar-refractivity contribution in [1.82, 2.24) is 0 Å². The Morgan fingerprint density at radius 1 is 0.739 bits per heavy atom. The number of hydrogen-bond acceptors (Lipinski definition) is 5. The number of nitrogens with two attached hydrogens (primary N) is 1. The molecule has 0 aromatic heterocycles. The van der Waals surface area contributed by atoms with Crippen LogP contribution in [0.1, 0.15) is 77.6 Å². The molecule has 0 spiro atoms. The predicted octanol–water partition coefficient (Wildman–Crippen LogP) is 3.35. The number of aliphatic hydroxyl groups is 2. The second-order valence-corrected chi connectivity index (χ2v) is 5.89. The van der Waals surface area contributed by atoms with Crippen molar-refractivity contribution in [2.24, 2.45) is 5.73 Å². The second-order valence-electron chi connectivity index (χ2n) is 5.89. The third-order valence-electron chi connectivity index (χ3n) is 3.75. The largest absolute Gasteiger partial charge is 0.394 e. The van der Waals surface area contributed by atoms with E-state index in [-0.39, 0.29) is 38.8 Å². The van der Waals surface area contributed by atoms with E-state index in [1.165, 1.54) is 51.4 Å². The predicted molar refractivity (Wildman–Crippen MR) is 96.7 cm³/mol. The highest BCUT2D eigenvalue weighted by Gasteiger charge is 2.25. The van der Waals surface area contributed by atoms with E-state index in [1.807, 2.05) is 0 Å². The van der Waals surface area contributed by atoms with Crippen LogP contribution in [0.3, 0.4) is 0 Å². The van der Waals surface area contributed by atoms with Gasteiger partial charge in [-0.05, 0) is 6.42 Å². The average molecular weight is 356 g/mol. The first-order chi connectivity index (χ1) is 10.7. The Kier molecular flexibility index (Phi) is 20.3. The summed E-state index contributed by atoms with van der Waals surface area (Å²) in [5.74, 6) is -1.17. The van der Waals surface area contributed by atoms with Crippen molar-refractivity contribution in [1.29, 1.82) is 0 Å². The van der Waals surface area contributed by atoms with Crippen molar-refractivity contribution in [3.8, 4) is 0 Å². The maximum Gasteiger partial charge on any atom is 0.224 e. The minimum absolute atomic E-state index is 0. The molecule has 0 atom stereocenters. The van der Waals surface area contributed by atoms with Crippen LogP contribution in [0.4, 0.5) is 0 Å². The molecule has 0 aliphatic rings. The minimum atomic E-state index is -1.17. The van der Waals surface area contributed by atoms with Crippen LogP contribution in [0.2, 0.25) is 0 Å². The highest BCUT2D eigenvalue weighted by atomic mass is 35.5. The summed E-state index contributed by atoms with van der Waals surface area (Å²) in [7, 11) is 0. The lowest BCUT2D eigenvalue weighted by Crippen LogP contribution is -2.46. The fraction of sp³-hybridized carbons (Fsp3) is 1.00. The Morgan fingerprint density at radius 2 is 1.13 bits per heavy atom. The van der Waals surface area contributed by atoms with E-state index in [9.17, 15) is 0 Å². The summed E-state index contributed by atoms with van der Waals surface area (Å²) in [6, 6.07) is 0. The van der Waals surface area contributed by atoms with Gasteiger partial charge in [-0.2, -0.15) is 0 Å². The van der Waals surface area contributed by atoms with Crippen LogP contribution in [0.15, 0.2) is 0 Å². The summed E-state index contributed by atoms with van der Waals surface area (Å²) in [5.41, 5.74) is 6.01. The fourth-order valence-corrected chi connectivity index (χ4v) is 2.48. The average Bonchev–Trinajstić information content (AvgIpc) is 2.53. The SMILES string of the molecule is CCCCCCCCCCCCC(N)(OCCO)OCCO.Cl. The van der Waals surface area contributed by atoms with Crippen molar-refractivity contribution in [3.63, 3.8) is 0 Å². The van der Waals surface area contributed by atoms with Crippen LogP contribution in [0.25, 0.3) is 0 Å². The standard InChI is InChI=1S/C17H37NO4.ClH/c1-2-3-4-5-6-7-8-9-10-11-12-17(18,21-15-13-19)22-16-14-20;/h19-20H,2-16,18H2,1H3;1H. The van der Waals surface area contributed by atoms with Crippen LogP contribution < -0.4 is 5.73 Å². The summed E-state index contributed by atoms with van der Waals surface area (Å²) >= 11 is 0. The van der Waals surface area contributed by atoms with Crippen molar-refractivity contribution in [2.45, 2.75) is 83.5 Å². The van der Waals surface area contributed by atoms with Gasteiger partial charge in [-0.3, -0.25) is 5.73 Å². The first kappa shape index (κ1) is 25.3. The summed E-state index contributed by atoms with van der Waals surface area (Å²) in [6.07, 6.45) is 13.2. The molecule has 0 unspecified atom stereocenters. The van der Waals surface area contributed by atoms with E-state index < -0.39 is 5.91 Å². The highest BCUT2D eigenvalue weighted by Crippen LogP contribution is 2.17. The Labute approximate surface area is 148 Å². The number of halogens is 1. The zero-order valence-corrected chi connectivity index (χ0v) is 15.6. The molecule has 0 amide bonds. The highest BCUT2D eigenvalue weighted by molar-refractivity contribution is 5.85. The number of aliphatic hydroxyl groups excluding tert-OH is 2. The first-order valence-corrected chi connectivity index (χ1v) is 8.97. The summed E-state index contributed by atoms with van der Waals surface area (Å²) in [4.78, 5) is 0. The maximum atomic E-state index is 8.82. The molecule has 0 rings (SSSR count). The van der Waals surface area contributed by atoms with Gasteiger partial charge >= 0.3 is 0 Å². The minimum Gasteiger partial charge on any atom is -0.394 e. The molecule has 0 radical (unpaired) electrons. The Balaban J connectivity index is 0. The van der Waals surface area contributed by atoms with Gasteiger partial charge in [0.1, 0.15) is 0 Å². The number of unbranched alkanes of at least 4 members (excludes halogenated alkanes) is 9. The first-order valence-electron chi connectivity index (χ1n) is 8.97. The molecule has 0 aliphatic carbocycles. The lowest BCUT2D eigenvalue weighted by Gasteiger charge is -2.29. The number of rotatable bonds is 17. The summed E-state index contributed by atoms with van der Waals surface area (Å²) in [6.45, 7) is 2.38. The van der Waals surface area contributed by atoms with Gasteiger partial charge in [0.15, 0.2) is 0 Å². The second kappa shape index (κ2) is 18.4. The van der Waals surface area contributed by atoms with Gasteiger partial charge in [-0.15, -0.1) is 12.4 Å². The molecule has 5 nitrogen and oxygen atoms in total. The molecule has 0 heterocycles. The number of hydrogen-bond donors (Lipinski definition) is 3. The van der Waals surface area contributed by atoms with Crippen molar-refractivity contribution < 1.29 is 19.7 Å². The van der Waals surface area contributed by atoms with E-state index in [4.69, 9.17) is 25.4 Å². The van der Waals surface area contributed by atoms with Crippen LogP contribution in [-0.2, 0) is 9.47 Å². The lowest BCUT2D eigenvalue weighted by molar-refractivity contribution is -0.244. The van der Waals surface area contributed by atoms with Gasteiger partial charge in [-0.25, -0.2) is 0 Å². The molecule has 0 aromatic rings. The third-order valence-corrected chi connectivity index (χ3v) is 3.75. The monoisotopic (exact) mass is 355 g/mol. The van der Waals surface area contributed by atoms with Crippen molar-refractivity contribution in [3.05, 3.63) is 0 Å². The zero-order chi connectivity index (χ0) is 16.5. The quantitative estimate of drug-likeness (QED) is 0.275. The molecule has 0 saturated heterocycles. The van der Waals surface area contributed by atoms with Gasteiger partial charge in [0.25, 0.3) is 0 Å². The third kappa shape index (κ3) is 16.7. The lowest BCUT2D eigenvalue weighted by atomic mass is 10.1. The van der Waals surface area contributed by atoms with E-state index in [2.05, 4.69) is 6.92 Å². The molecule has 23 heavy (non-hydrogen) atoms. The van der Waals surface area contributed by atoms with Gasteiger partial charge in [0.2, 0.25) is 5.91 Å². The van der Waals surface area contributed by atoms with Crippen LogP contribution in [0, 0.1) is 0 Å². The van der Waals surface area contributed by atoms with Crippen LogP contribution in [0.5, 0.6) is 0 Å². The molecule has 0 saturated carbocycles. The maximum absolute atomic E-state index is 8.82. The molecule has 4 N–H and O–H groups in total. The molecule has 0 aliphatic heterocycles. The van der Waals surface area contributed by atoms with Crippen LogP contribution >= 0.6 is 12.4 Å². The molecule has 142 valence electrons. The summed E-state index contributed by atoms with van der Waals surface area (Å²) in [5, 5.41) is 17.6. The normalized spacial score (nSPS) is 11.5. The molecular weight excluding hydrogens is 318 g/mol. The zero-order valence-electron chi connectivity index (χ0n) is 14.8. The van der Waals surface area contributed by atoms with Gasteiger partial charge in [0.05, 0.1) is 26.4 Å². The molecule has 0 fully saturated rings. The Bertz CT molecular complexity index is 225. The van der Waals surface area contributed by atoms with Gasteiger partial charge in [0, 0.05) is 6.42 Å². The molecule has 0 bridgehead atoms. The van der Waals surface area contributed by atoms with E-state index in [1.54, 1.807) is 0 Å².